The Morgan fingerprint density at radius 1 is 1.29 bits per heavy atom. The second-order valence-electron chi connectivity index (χ2n) is 3.28. The largest absolute Gasteiger partial charge is 0.351 e. The van der Waals surface area contributed by atoms with Crippen LogP contribution >= 0.6 is 11.6 Å². The first-order valence-electron chi connectivity index (χ1n) is 4.78. The minimum absolute atomic E-state index is 0.133. The lowest BCUT2D eigenvalue weighted by Crippen LogP contribution is -2.28. The highest BCUT2D eigenvalue weighted by molar-refractivity contribution is 6.18. The first kappa shape index (κ1) is 9.97. The molecule has 1 aliphatic rings. The van der Waals surface area contributed by atoms with E-state index in [2.05, 4.69) is 12.1 Å². The van der Waals surface area contributed by atoms with Gasteiger partial charge in [0.05, 0.1) is 18.6 Å². The Morgan fingerprint density at radius 2 is 2.07 bits per heavy atom. The normalized spacial score (nSPS) is 27.5. The molecule has 2 nitrogen and oxygen atoms in total. The van der Waals surface area contributed by atoms with Crippen LogP contribution < -0.4 is 0 Å². The molecule has 1 aliphatic heterocycles. The molecule has 1 saturated heterocycles. The fraction of sp³-hybridized carbons (Fsp3) is 0.455. The lowest BCUT2D eigenvalue weighted by Gasteiger charge is -2.29. The monoisotopic (exact) mass is 212 g/mol. The zero-order valence-electron chi connectivity index (χ0n) is 7.86. The molecule has 0 N–H and O–H groups in total. The lowest BCUT2D eigenvalue weighted by atomic mass is 10.1. The SMILES string of the molecule is ClC[C@H]1OCC[C@H](c2ccccc2)O1. The highest BCUT2D eigenvalue weighted by atomic mass is 35.5. The van der Waals surface area contributed by atoms with Gasteiger partial charge in [-0.3, -0.25) is 0 Å². The molecule has 1 aromatic rings. The zero-order valence-corrected chi connectivity index (χ0v) is 8.61. The molecular weight excluding hydrogens is 200 g/mol. The Labute approximate surface area is 88.8 Å². The van der Waals surface area contributed by atoms with E-state index in [1.807, 2.05) is 18.2 Å². The van der Waals surface area contributed by atoms with Crippen LogP contribution in [-0.4, -0.2) is 18.8 Å². The minimum atomic E-state index is -0.254. The molecule has 2 atom stereocenters. The van der Waals surface area contributed by atoms with Crippen LogP contribution in [0.2, 0.25) is 0 Å². The summed E-state index contributed by atoms with van der Waals surface area (Å²) in [6.45, 7) is 0.719. The van der Waals surface area contributed by atoms with Crippen LogP contribution in [-0.2, 0) is 9.47 Å². The summed E-state index contributed by atoms with van der Waals surface area (Å²) < 4.78 is 11.0. The van der Waals surface area contributed by atoms with Gasteiger partial charge in [0.15, 0.2) is 6.29 Å². The van der Waals surface area contributed by atoms with Gasteiger partial charge in [-0.1, -0.05) is 30.3 Å². The van der Waals surface area contributed by atoms with Crippen molar-refractivity contribution in [2.75, 3.05) is 12.5 Å². The van der Waals surface area contributed by atoms with E-state index >= 15 is 0 Å². The number of rotatable bonds is 2. The molecule has 14 heavy (non-hydrogen) atoms. The number of ether oxygens (including phenoxy) is 2. The van der Waals surface area contributed by atoms with Crippen molar-refractivity contribution in [2.24, 2.45) is 0 Å². The average Bonchev–Trinajstić information content (AvgIpc) is 2.30. The minimum Gasteiger partial charge on any atom is -0.351 e. The molecular formula is C11H13ClO2. The quantitative estimate of drug-likeness (QED) is 0.702. The van der Waals surface area contributed by atoms with Gasteiger partial charge in [0.2, 0.25) is 0 Å². The van der Waals surface area contributed by atoms with Crippen molar-refractivity contribution in [3.63, 3.8) is 0 Å². The molecule has 0 saturated carbocycles. The summed E-state index contributed by atoms with van der Waals surface area (Å²) in [6, 6.07) is 10.2. The van der Waals surface area contributed by atoms with Crippen LogP contribution in [0.25, 0.3) is 0 Å². The smallest absolute Gasteiger partial charge is 0.171 e. The Morgan fingerprint density at radius 3 is 2.79 bits per heavy atom. The fourth-order valence-corrected chi connectivity index (χ4v) is 1.75. The first-order chi connectivity index (χ1) is 6.90. The molecule has 0 aromatic heterocycles. The van der Waals surface area contributed by atoms with Crippen LogP contribution in [0, 0.1) is 0 Å². The Hall–Kier alpha value is -0.570. The molecule has 2 rings (SSSR count). The van der Waals surface area contributed by atoms with Gasteiger partial charge in [0.1, 0.15) is 0 Å². The van der Waals surface area contributed by atoms with E-state index in [1.54, 1.807) is 0 Å². The van der Waals surface area contributed by atoms with Gasteiger partial charge in [0, 0.05) is 6.42 Å². The maximum Gasteiger partial charge on any atom is 0.171 e. The van der Waals surface area contributed by atoms with Crippen molar-refractivity contribution < 1.29 is 9.47 Å². The molecule has 1 fully saturated rings. The topological polar surface area (TPSA) is 18.5 Å². The lowest BCUT2D eigenvalue weighted by molar-refractivity contribution is -0.202. The van der Waals surface area contributed by atoms with Gasteiger partial charge in [-0.25, -0.2) is 0 Å². The third-order valence-corrected chi connectivity index (χ3v) is 2.55. The van der Waals surface area contributed by atoms with Gasteiger partial charge in [-0.15, -0.1) is 11.6 Å². The molecule has 1 aromatic carbocycles. The first-order valence-corrected chi connectivity index (χ1v) is 5.31. The van der Waals surface area contributed by atoms with E-state index in [0.717, 1.165) is 13.0 Å². The molecule has 0 aliphatic carbocycles. The second-order valence-corrected chi connectivity index (χ2v) is 3.59. The van der Waals surface area contributed by atoms with Crippen LogP contribution in [0.15, 0.2) is 30.3 Å². The second kappa shape index (κ2) is 4.78. The van der Waals surface area contributed by atoms with Crippen LogP contribution in [0.3, 0.4) is 0 Å². The Bertz CT molecular complexity index is 276. The highest BCUT2D eigenvalue weighted by Crippen LogP contribution is 2.27. The van der Waals surface area contributed by atoms with E-state index in [-0.39, 0.29) is 12.4 Å². The van der Waals surface area contributed by atoms with Crippen molar-refractivity contribution in [2.45, 2.75) is 18.8 Å². The summed E-state index contributed by atoms with van der Waals surface area (Å²) in [5, 5.41) is 0. The van der Waals surface area contributed by atoms with Crippen molar-refractivity contribution in [1.29, 1.82) is 0 Å². The van der Waals surface area contributed by atoms with E-state index < -0.39 is 0 Å². The molecule has 76 valence electrons. The number of alkyl halides is 1. The molecule has 0 bridgehead atoms. The molecule has 0 radical (unpaired) electrons. The fourth-order valence-electron chi connectivity index (χ4n) is 1.59. The predicted molar refractivity (Wildman–Crippen MR) is 55.3 cm³/mol. The van der Waals surface area contributed by atoms with Crippen molar-refractivity contribution >= 4 is 11.6 Å². The van der Waals surface area contributed by atoms with Gasteiger partial charge >= 0.3 is 0 Å². The van der Waals surface area contributed by atoms with E-state index in [4.69, 9.17) is 21.1 Å². The standard InChI is InChI=1S/C11H13ClO2/c12-8-11-13-7-6-10(14-11)9-4-2-1-3-5-9/h1-5,10-11H,6-8H2/t10-,11+/m1/s1. The van der Waals surface area contributed by atoms with Gasteiger partial charge in [-0.2, -0.15) is 0 Å². The molecule has 0 spiro atoms. The van der Waals surface area contributed by atoms with Gasteiger partial charge < -0.3 is 9.47 Å². The summed E-state index contributed by atoms with van der Waals surface area (Å²) in [5.41, 5.74) is 1.20. The highest BCUT2D eigenvalue weighted by Gasteiger charge is 2.22. The molecule has 0 unspecified atom stereocenters. The van der Waals surface area contributed by atoms with E-state index in [0.29, 0.717) is 5.88 Å². The molecule has 3 heteroatoms. The maximum absolute atomic E-state index is 5.68. The summed E-state index contributed by atoms with van der Waals surface area (Å²) in [6.07, 6.45) is 0.779. The number of halogens is 1. The van der Waals surface area contributed by atoms with Crippen LogP contribution in [0.1, 0.15) is 18.1 Å². The van der Waals surface area contributed by atoms with E-state index in [9.17, 15) is 0 Å². The average molecular weight is 213 g/mol. The van der Waals surface area contributed by atoms with Crippen LogP contribution in [0.5, 0.6) is 0 Å². The van der Waals surface area contributed by atoms with E-state index in [1.165, 1.54) is 5.56 Å². The third kappa shape index (κ3) is 2.27. The number of hydrogen-bond acceptors (Lipinski definition) is 2. The summed E-state index contributed by atoms with van der Waals surface area (Å²) in [7, 11) is 0. The summed E-state index contributed by atoms with van der Waals surface area (Å²) in [4.78, 5) is 0. The van der Waals surface area contributed by atoms with Crippen molar-refractivity contribution in [3.8, 4) is 0 Å². The summed E-state index contributed by atoms with van der Waals surface area (Å²) in [5.74, 6) is 0.392. The summed E-state index contributed by atoms with van der Waals surface area (Å²) >= 11 is 5.68. The van der Waals surface area contributed by atoms with Gasteiger partial charge in [0.25, 0.3) is 0 Å². The number of hydrogen-bond donors (Lipinski definition) is 0. The van der Waals surface area contributed by atoms with Crippen molar-refractivity contribution in [3.05, 3.63) is 35.9 Å². The zero-order chi connectivity index (χ0) is 9.80. The predicted octanol–water partition coefficient (Wildman–Crippen LogP) is 2.73. The van der Waals surface area contributed by atoms with Crippen LogP contribution in [0.4, 0.5) is 0 Å². The van der Waals surface area contributed by atoms with Crippen molar-refractivity contribution in [1.82, 2.24) is 0 Å². The number of benzene rings is 1. The van der Waals surface area contributed by atoms with Gasteiger partial charge in [-0.05, 0) is 5.56 Å². The molecule has 0 amide bonds. The maximum atomic E-state index is 5.68. The third-order valence-electron chi connectivity index (χ3n) is 2.30. The Kier molecular flexibility index (Phi) is 3.40. The molecule has 1 heterocycles. The Balaban J connectivity index is 2.04.